The van der Waals surface area contributed by atoms with Gasteiger partial charge in [-0.25, -0.2) is 4.39 Å². The minimum atomic E-state index is -0.219. The number of rotatable bonds is 3. The molecule has 0 atom stereocenters. The third kappa shape index (κ3) is 3.09. The standard InChI is InChI=1S/C15H12FN/c1-2-12-4-3-5-15(10-12)17-11-13-6-8-14(16)9-7-13/h1,3-10,17H,11H2. The van der Waals surface area contributed by atoms with E-state index in [0.29, 0.717) is 6.54 Å². The first-order valence-electron chi connectivity index (χ1n) is 5.33. The van der Waals surface area contributed by atoms with Gasteiger partial charge in [0.1, 0.15) is 5.82 Å². The maximum atomic E-state index is 12.7. The van der Waals surface area contributed by atoms with E-state index in [1.807, 2.05) is 24.3 Å². The first-order chi connectivity index (χ1) is 8.28. The molecule has 0 heterocycles. The molecule has 0 fully saturated rings. The molecule has 2 rings (SSSR count). The van der Waals surface area contributed by atoms with Gasteiger partial charge in [-0.3, -0.25) is 0 Å². The van der Waals surface area contributed by atoms with Crippen molar-refractivity contribution in [3.05, 3.63) is 65.5 Å². The summed E-state index contributed by atoms with van der Waals surface area (Å²) in [5.74, 6) is 2.36. The zero-order chi connectivity index (χ0) is 12.1. The summed E-state index contributed by atoms with van der Waals surface area (Å²) in [6.45, 7) is 0.647. The quantitative estimate of drug-likeness (QED) is 0.789. The van der Waals surface area contributed by atoms with E-state index in [2.05, 4.69) is 11.2 Å². The molecule has 2 aromatic carbocycles. The van der Waals surface area contributed by atoms with Crippen molar-refractivity contribution in [3.63, 3.8) is 0 Å². The van der Waals surface area contributed by atoms with Crippen LogP contribution < -0.4 is 5.32 Å². The predicted molar refractivity (Wildman–Crippen MR) is 68.1 cm³/mol. The van der Waals surface area contributed by atoms with E-state index in [-0.39, 0.29) is 5.82 Å². The number of terminal acetylenes is 1. The van der Waals surface area contributed by atoms with Crippen molar-refractivity contribution in [1.29, 1.82) is 0 Å². The Hall–Kier alpha value is -2.27. The molecule has 1 N–H and O–H groups in total. The highest BCUT2D eigenvalue weighted by Gasteiger charge is 1.95. The molecule has 0 aliphatic carbocycles. The third-order valence-corrected chi connectivity index (χ3v) is 2.44. The van der Waals surface area contributed by atoms with E-state index in [9.17, 15) is 4.39 Å². The fourth-order valence-corrected chi connectivity index (χ4v) is 1.53. The minimum Gasteiger partial charge on any atom is -0.381 e. The van der Waals surface area contributed by atoms with Gasteiger partial charge in [-0.15, -0.1) is 6.42 Å². The Morgan fingerprint density at radius 1 is 1.12 bits per heavy atom. The maximum Gasteiger partial charge on any atom is 0.123 e. The Morgan fingerprint density at radius 2 is 1.88 bits per heavy atom. The second kappa shape index (κ2) is 5.18. The largest absolute Gasteiger partial charge is 0.381 e. The lowest BCUT2D eigenvalue weighted by molar-refractivity contribution is 0.627. The second-order valence-electron chi connectivity index (χ2n) is 3.71. The SMILES string of the molecule is C#Cc1cccc(NCc2ccc(F)cc2)c1. The molecule has 1 nitrogen and oxygen atoms in total. The van der Waals surface area contributed by atoms with Crippen LogP contribution in [0.4, 0.5) is 10.1 Å². The lowest BCUT2D eigenvalue weighted by Gasteiger charge is -2.06. The van der Waals surface area contributed by atoms with Gasteiger partial charge in [0.25, 0.3) is 0 Å². The van der Waals surface area contributed by atoms with E-state index in [1.54, 1.807) is 12.1 Å². The molecule has 0 bridgehead atoms. The molecule has 0 aromatic heterocycles. The Bertz CT molecular complexity index is 538. The van der Waals surface area contributed by atoms with E-state index in [4.69, 9.17) is 6.42 Å². The maximum absolute atomic E-state index is 12.7. The second-order valence-corrected chi connectivity index (χ2v) is 3.71. The number of hydrogen-bond donors (Lipinski definition) is 1. The Morgan fingerprint density at radius 3 is 2.59 bits per heavy atom. The van der Waals surface area contributed by atoms with Crippen LogP contribution in [0.25, 0.3) is 0 Å². The van der Waals surface area contributed by atoms with Gasteiger partial charge in [-0.05, 0) is 35.9 Å². The van der Waals surface area contributed by atoms with E-state index in [0.717, 1.165) is 16.8 Å². The minimum absolute atomic E-state index is 0.219. The van der Waals surface area contributed by atoms with Crippen molar-refractivity contribution in [3.8, 4) is 12.3 Å². The number of nitrogens with one attached hydrogen (secondary N) is 1. The Balaban J connectivity index is 2.02. The summed E-state index contributed by atoms with van der Waals surface area (Å²) in [6, 6.07) is 14.1. The highest BCUT2D eigenvalue weighted by molar-refractivity contribution is 5.50. The molecule has 0 amide bonds. The number of anilines is 1. The van der Waals surface area contributed by atoms with Gasteiger partial charge in [0, 0.05) is 17.8 Å². The number of benzene rings is 2. The number of halogens is 1. The molecule has 0 radical (unpaired) electrons. The van der Waals surface area contributed by atoms with Crippen LogP contribution in [0.3, 0.4) is 0 Å². The van der Waals surface area contributed by atoms with Crippen LogP contribution in [0.15, 0.2) is 48.5 Å². The molecule has 2 heteroatoms. The molecule has 84 valence electrons. The fourth-order valence-electron chi connectivity index (χ4n) is 1.53. The first kappa shape index (κ1) is 11.2. The van der Waals surface area contributed by atoms with Crippen LogP contribution in [0.5, 0.6) is 0 Å². The summed E-state index contributed by atoms with van der Waals surface area (Å²) in [6.07, 6.45) is 5.32. The summed E-state index contributed by atoms with van der Waals surface area (Å²) in [7, 11) is 0. The monoisotopic (exact) mass is 225 g/mol. The topological polar surface area (TPSA) is 12.0 Å². The van der Waals surface area contributed by atoms with Gasteiger partial charge < -0.3 is 5.32 Å². The lowest BCUT2D eigenvalue weighted by Crippen LogP contribution is -1.99. The molecule has 0 aliphatic heterocycles. The molecule has 0 saturated carbocycles. The molecule has 0 saturated heterocycles. The lowest BCUT2D eigenvalue weighted by atomic mass is 10.2. The van der Waals surface area contributed by atoms with Crippen LogP contribution in [0.2, 0.25) is 0 Å². The van der Waals surface area contributed by atoms with E-state index < -0.39 is 0 Å². The Labute approximate surface area is 100 Å². The highest BCUT2D eigenvalue weighted by atomic mass is 19.1. The van der Waals surface area contributed by atoms with E-state index in [1.165, 1.54) is 12.1 Å². The third-order valence-electron chi connectivity index (χ3n) is 2.44. The smallest absolute Gasteiger partial charge is 0.123 e. The van der Waals surface area contributed by atoms with Crippen molar-refractivity contribution < 1.29 is 4.39 Å². The average Bonchev–Trinajstić information content (AvgIpc) is 2.38. The van der Waals surface area contributed by atoms with E-state index >= 15 is 0 Å². The van der Waals surface area contributed by atoms with Gasteiger partial charge in [-0.2, -0.15) is 0 Å². The number of hydrogen-bond acceptors (Lipinski definition) is 1. The van der Waals surface area contributed by atoms with Gasteiger partial charge in [-0.1, -0.05) is 24.1 Å². The summed E-state index contributed by atoms with van der Waals surface area (Å²) < 4.78 is 12.7. The molecular weight excluding hydrogens is 213 g/mol. The zero-order valence-electron chi connectivity index (χ0n) is 9.28. The van der Waals surface area contributed by atoms with Crippen LogP contribution in [0.1, 0.15) is 11.1 Å². The van der Waals surface area contributed by atoms with Gasteiger partial charge in [0.15, 0.2) is 0 Å². The summed E-state index contributed by atoms with van der Waals surface area (Å²) in [5, 5.41) is 3.24. The summed E-state index contributed by atoms with van der Waals surface area (Å²) >= 11 is 0. The Kier molecular flexibility index (Phi) is 3.42. The predicted octanol–water partition coefficient (Wildman–Crippen LogP) is 3.42. The zero-order valence-corrected chi connectivity index (χ0v) is 9.28. The van der Waals surface area contributed by atoms with Gasteiger partial charge in [0.05, 0.1) is 0 Å². The molecule has 0 spiro atoms. The normalized spacial score (nSPS) is 9.65. The van der Waals surface area contributed by atoms with Crippen LogP contribution in [-0.4, -0.2) is 0 Å². The molecular formula is C15H12FN. The van der Waals surface area contributed by atoms with Crippen molar-refractivity contribution >= 4 is 5.69 Å². The molecule has 2 aromatic rings. The fraction of sp³-hybridized carbons (Fsp3) is 0.0667. The summed E-state index contributed by atoms with van der Waals surface area (Å²) in [4.78, 5) is 0. The van der Waals surface area contributed by atoms with Crippen LogP contribution in [0, 0.1) is 18.2 Å². The van der Waals surface area contributed by atoms with Crippen molar-refractivity contribution in [2.75, 3.05) is 5.32 Å². The highest BCUT2D eigenvalue weighted by Crippen LogP contribution is 2.11. The van der Waals surface area contributed by atoms with Crippen LogP contribution in [-0.2, 0) is 6.54 Å². The van der Waals surface area contributed by atoms with Crippen molar-refractivity contribution in [2.24, 2.45) is 0 Å². The van der Waals surface area contributed by atoms with Crippen molar-refractivity contribution in [2.45, 2.75) is 6.54 Å². The first-order valence-corrected chi connectivity index (χ1v) is 5.33. The average molecular weight is 225 g/mol. The van der Waals surface area contributed by atoms with Gasteiger partial charge >= 0.3 is 0 Å². The molecule has 0 unspecified atom stereocenters. The summed E-state index contributed by atoms with van der Waals surface area (Å²) in [5.41, 5.74) is 2.83. The molecule has 0 aliphatic rings. The van der Waals surface area contributed by atoms with Crippen molar-refractivity contribution in [1.82, 2.24) is 0 Å². The van der Waals surface area contributed by atoms with Gasteiger partial charge in [0.2, 0.25) is 0 Å². The molecule has 17 heavy (non-hydrogen) atoms. The van der Waals surface area contributed by atoms with Crippen LogP contribution >= 0.6 is 0 Å².